The zero-order valence-corrected chi connectivity index (χ0v) is 20.4. The number of carboxylic acids is 1. The van der Waals surface area contributed by atoms with Crippen molar-refractivity contribution < 1.29 is 14.6 Å². The first-order chi connectivity index (χ1) is 17.7. The summed E-state index contributed by atoms with van der Waals surface area (Å²) in [6.45, 7) is 3.24. The van der Waals surface area contributed by atoms with E-state index in [4.69, 9.17) is 4.74 Å². The van der Waals surface area contributed by atoms with Crippen LogP contribution in [-0.4, -0.2) is 51.5 Å². The number of aliphatic carboxylic acids is 1. The van der Waals surface area contributed by atoms with Crippen molar-refractivity contribution in [2.75, 3.05) is 31.1 Å². The molecular weight excluding hydrogens is 472 g/mol. The van der Waals surface area contributed by atoms with Crippen LogP contribution in [0.4, 0.5) is 5.82 Å². The fourth-order valence-electron chi connectivity index (χ4n) is 4.96. The molecule has 36 heavy (non-hydrogen) atoms. The molecule has 8 heteroatoms. The van der Waals surface area contributed by atoms with Gasteiger partial charge in [-0.25, -0.2) is 0 Å². The maximum atomic E-state index is 12.4. The van der Waals surface area contributed by atoms with Gasteiger partial charge in [0.2, 0.25) is 0 Å². The second-order valence-electron chi connectivity index (χ2n) is 8.99. The molecule has 3 heterocycles. The van der Waals surface area contributed by atoms with Crippen LogP contribution < -0.4 is 9.64 Å². The van der Waals surface area contributed by atoms with E-state index >= 15 is 0 Å². The van der Waals surface area contributed by atoms with Crippen LogP contribution in [0.15, 0.2) is 79.0 Å². The lowest BCUT2D eigenvalue weighted by Crippen LogP contribution is -2.49. The number of rotatable bonds is 7. The highest BCUT2D eigenvalue weighted by Gasteiger charge is 2.33. The number of aromatic nitrogens is 2. The van der Waals surface area contributed by atoms with Crippen molar-refractivity contribution in [1.29, 1.82) is 0 Å². The number of ether oxygens (including phenoxy) is 1. The first kappa shape index (κ1) is 22.6. The molecule has 1 aliphatic heterocycles. The van der Waals surface area contributed by atoms with Gasteiger partial charge in [0.25, 0.3) is 0 Å². The molecule has 182 valence electrons. The van der Waals surface area contributed by atoms with E-state index in [0.717, 1.165) is 52.1 Å². The van der Waals surface area contributed by atoms with Crippen LogP contribution in [0.2, 0.25) is 0 Å². The smallest absolute Gasteiger partial charge is 0.325 e. The Kier molecular flexibility index (Phi) is 6.04. The summed E-state index contributed by atoms with van der Waals surface area (Å²) >= 11 is 1.51. The summed E-state index contributed by atoms with van der Waals surface area (Å²) in [6.07, 6.45) is 1.82. The highest BCUT2D eigenvalue weighted by Crippen LogP contribution is 2.34. The van der Waals surface area contributed by atoms with Crippen LogP contribution in [0, 0.1) is 0 Å². The average molecular weight is 499 g/mol. The normalized spacial score (nSPS) is 15.4. The number of aromatic amines is 1. The number of benzene rings is 3. The number of H-pyrrole nitrogens is 1. The van der Waals surface area contributed by atoms with Crippen molar-refractivity contribution in [3.63, 3.8) is 0 Å². The summed E-state index contributed by atoms with van der Waals surface area (Å²) in [4.78, 5) is 20.0. The molecular formula is C28H26N4O3S. The number of nitrogens with zero attached hydrogens (tertiary/aromatic N) is 3. The second-order valence-corrected chi connectivity index (χ2v) is 9.80. The minimum Gasteiger partial charge on any atom is -0.489 e. The first-order valence-corrected chi connectivity index (χ1v) is 12.8. The van der Waals surface area contributed by atoms with Crippen LogP contribution in [-0.2, 0) is 11.4 Å². The van der Waals surface area contributed by atoms with Crippen molar-refractivity contribution in [3.8, 4) is 5.75 Å². The second kappa shape index (κ2) is 9.64. The maximum absolute atomic E-state index is 12.4. The molecule has 0 amide bonds. The number of carboxylic acid groups (broad SMARTS) is 1. The number of carbonyl (C=O) groups is 1. The molecule has 0 unspecified atom stereocenters. The lowest BCUT2D eigenvalue weighted by Gasteiger charge is -2.38. The Labute approximate surface area is 212 Å². The molecule has 2 aromatic heterocycles. The van der Waals surface area contributed by atoms with Gasteiger partial charge < -0.3 is 19.7 Å². The van der Waals surface area contributed by atoms with Crippen LogP contribution in [0.5, 0.6) is 5.75 Å². The van der Waals surface area contributed by atoms with Crippen molar-refractivity contribution in [3.05, 3.63) is 90.1 Å². The number of piperazine rings is 1. The highest BCUT2D eigenvalue weighted by atomic mass is 32.1. The Hall–Kier alpha value is -3.88. The largest absolute Gasteiger partial charge is 0.489 e. The van der Waals surface area contributed by atoms with E-state index in [2.05, 4.69) is 31.3 Å². The summed E-state index contributed by atoms with van der Waals surface area (Å²) in [5, 5.41) is 12.3. The van der Waals surface area contributed by atoms with Crippen molar-refractivity contribution >= 4 is 44.3 Å². The minimum atomic E-state index is -0.840. The fraction of sp³-hybridized carbons (Fsp3) is 0.214. The Morgan fingerprint density at radius 2 is 1.78 bits per heavy atom. The van der Waals surface area contributed by atoms with Gasteiger partial charge in [-0.15, -0.1) is 0 Å². The van der Waals surface area contributed by atoms with Crippen molar-refractivity contribution in [1.82, 2.24) is 14.3 Å². The Bertz CT molecular complexity index is 1510. The van der Waals surface area contributed by atoms with E-state index in [1.165, 1.54) is 16.2 Å². The molecule has 1 aliphatic rings. The molecule has 0 aliphatic carbocycles. The highest BCUT2D eigenvalue weighted by molar-refractivity contribution is 7.13. The van der Waals surface area contributed by atoms with Gasteiger partial charge in [0.15, 0.2) is 0 Å². The molecule has 6 rings (SSSR count). The van der Waals surface area contributed by atoms with E-state index in [1.54, 1.807) is 0 Å². The number of nitrogens with one attached hydrogen (secondary N) is 1. The molecule has 3 aromatic carbocycles. The summed E-state index contributed by atoms with van der Waals surface area (Å²) in [6, 6.07) is 23.3. The Balaban J connectivity index is 1.18. The number of hydrogen-bond donors (Lipinski definition) is 2. The summed E-state index contributed by atoms with van der Waals surface area (Å²) in [5.74, 6) is 0.904. The summed E-state index contributed by atoms with van der Waals surface area (Å²) < 4.78 is 11.8. The van der Waals surface area contributed by atoms with E-state index in [9.17, 15) is 9.90 Å². The van der Waals surface area contributed by atoms with Crippen LogP contribution in [0.25, 0.3) is 21.0 Å². The zero-order chi connectivity index (χ0) is 24.5. The van der Waals surface area contributed by atoms with Crippen molar-refractivity contribution in [2.24, 2.45) is 0 Å². The molecule has 0 spiro atoms. The standard InChI is InChI=1S/C28H26N4O3S/c33-28(34)26(31-12-14-32(15-13-31)27-22-8-4-5-9-25(22)36-30-27)23-17-29-24-16-20(10-11-21(23)24)35-18-19-6-2-1-3-7-19/h1-11,16-17,26,29H,12-15,18H2,(H,33,34)/t26-/m1/s1. The number of anilines is 1. The predicted octanol–water partition coefficient (Wildman–Crippen LogP) is 5.30. The zero-order valence-electron chi connectivity index (χ0n) is 19.6. The monoisotopic (exact) mass is 498 g/mol. The average Bonchev–Trinajstić information content (AvgIpc) is 3.53. The predicted molar refractivity (Wildman–Crippen MR) is 143 cm³/mol. The molecule has 1 atom stereocenters. The molecule has 1 fully saturated rings. The molecule has 1 saturated heterocycles. The van der Waals surface area contributed by atoms with Gasteiger partial charge in [-0.05, 0) is 41.4 Å². The lowest BCUT2D eigenvalue weighted by molar-refractivity contribution is -0.143. The molecule has 5 aromatic rings. The number of fused-ring (bicyclic) bond motifs is 2. The molecule has 0 saturated carbocycles. The quantitative estimate of drug-likeness (QED) is 0.317. The van der Waals surface area contributed by atoms with E-state index in [0.29, 0.717) is 19.7 Å². The van der Waals surface area contributed by atoms with E-state index in [1.807, 2.05) is 66.9 Å². The van der Waals surface area contributed by atoms with Crippen LogP contribution in [0.3, 0.4) is 0 Å². The maximum Gasteiger partial charge on any atom is 0.325 e. The molecule has 7 nitrogen and oxygen atoms in total. The molecule has 0 radical (unpaired) electrons. The van der Waals surface area contributed by atoms with Gasteiger partial charge >= 0.3 is 5.97 Å². The van der Waals surface area contributed by atoms with Gasteiger partial charge in [-0.1, -0.05) is 42.5 Å². The van der Waals surface area contributed by atoms with Gasteiger partial charge in [0.05, 0.1) is 4.70 Å². The SMILES string of the molecule is O=C(O)[C@@H](c1c[nH]c2cc(OCc3ccccc3)ccc12)N1CCN(c2nsc3ccccc23)CC1. The Morgan fingerprint density at radius 1 is 1.00 bits per heavy atom. The van der Waals surface area contributed by atoms with Gasteiger partial charge in [-0.3, -0.25) is 9.69 Å². The van der Waals surface area contributed by atoms with Crippen LogP contribution in [0.1, 0.15) is 17.2 Å². The lowest BCUT2D eigenvalue weighted by atomic mass is 10.0. The molecule has 0 bridgehead atoms. The minimum absolute atomic E-state index is 0.482. The third-order valence-corrected chi connectivity index (χ3v) is 7.62. The third kappa shape index (κ3) is 4.29. The van der Waals surface area contributed by atoms with Crippen molar-refractivity contribution in [2.45, 2.75) is 12.6 Å². The fourth-order valence-corrected chi connectivity index (χ4v) is 5.76. The topological polar surface area (TPSA) is 81.7 Å². The summed E-state index contributed by atoms with van der Waals surface area (Å²) in [7, 11) is 0. The summed E-state index contributed by atoms with van der Waals surface area (Å²) in [5.41, 5.74) is 2.74. The van der Waals surface area contributed by atoms with Gasteiger partial charge in [0.1, 0.15) is 24.2 Å². The van der Waals surface area contributed by atoms with E-state index < -0.39 is 12.0 Å². The molecule has 2 N–H and O–H groups in total. The number of hydrogen-bond acceptors (Lipinski definition) is 6. The third-order valence-electron chi connectivity index (χ3n) is 6.80. The van der Waals surface area contributed by atoms with Gasteiger partial charge in [-0.2, -0.15) is 4.37 Å². The first-order valence-electron chi connectivity index (χ1n) is 12.0. The van der Waals surface area contributed by atoms with E-state index in [-0.39, 0.29) is 0 Å². The van der Waals surface area contributed by atoms with Crippen LogP contribution >= 0.6 is 11.5 Å². The van der Waals surface area contributed by atoms with Gasteiger partial charge in [0, 0.05) is 60.3 Å². The Morgan fingerprint density at radius 3 is 2.58 bits per heavy atom.